The minimum atomic E-state index is 0.0853. The van der Waals surface area contributed by atoms with Crippen LogP contribution in [0.3, 0.4) is 0 Å². The Bertz CT molecular complexity index is 801. The molecule has 3 heterocycles. The zero-order valence-corrected chi connectivity index (χ0v) is 15.7. The Morgan fingerprint density at radius 3 is 2.73 bits per heavy atom. The lowest BCUT2D eigenvalue weighted by Gasteiger charge is -2.32. The normalized spacial score (nSPS) is 18.8. The molecular weight excluding hydrogens is 326 g/mol. The first-order valence-electron chi connectivity index (χ1n) is 9.99. The van der Waals surface area contributed by atoms with Crippen molar-refractivity contribution in [1.82, 2.24) is 24.5 Å². The van der Waals surface area contributed by atoms with Crippen LogP contribution < -0.4 is 5.56 Å². The lowest BCUT2D eigenvalue weighted by atomic mass is 9.96. The first-order chi connectivity index (χ1) is 12.7. The minimum Gasteiger partial charge on any atom is -0.301 e. The van der Waals surface area contributed by atoms with E-state index < -0.39 is 0 Å². The Labute approximate surface area is 154 Å². The molecule has 0 radical (unpaired) electrons. The van der Waals surface area contributed by atoms with Crippen molar-refractivity contribution < 1.29 is 0 Å². The summed E-state index contributed by atoms with van der Waals surface area (Å²) in [6, 6.07) is 1.84. The van der Waals surface area contributed by atoms with Crippen LogP contribution in [0.2, 0.25) is 0 Å². The molecule has 0 amide bonds. The zero-order chi connectivity index (χ0) is 17.9. The van der Waals surface area contributed by atoms with Crippen LogP contribution in [0.15, 0.2) is 23.3 Å². The number of likely N-dealkylation sites (tertiary alicyclic amines) is 1. The fourth-order valence-corrected chi connectivity index (χ4v) is 4.20. The molecule has 6 nitrogen and oxygen atoms in total. The summed E-state index contributed by atoms with van der Waals surface area (Å²) in [6.07, 6.45) is 10.7. The van der Waals surface area contributed by atoms with Gasteiger partial charge in [0.1, 0.15) is 0 Å². The number of aryl methyl sites for hydroxylation is 3. The number of hydrogen-bond acceptors (Lipinski definition) is 4. The summed E-state index contributed by atoms with van der Waals surface area (Å²) in [5.41, 5.74) is 3.64. The van der Waals surface area contributed by atoms with Gasteiger partial charge < -0.3 is 4.90 Å². The maximum absolute atomic E-state index is 12.4. The highest BCUT2D eigenvalue weighted by Crippen LogP contribution is 2.20. The van der Waals surface area contributed by atoms with Gasteiger partial charge in [0.15, 0.2) is 0 Å². The van der Waals surface area contributed by atoms with Crippen LogP contribution in [0.25, 0.3) is 0 Å². The van der Waals surface area contributed by atoms with Crippen molar-refractivity contribution in [2.24, 2.45) is 5.92 Å². The standard InChI is InChI=1S/C20H29N5O/c1-16-13-21-24(14-16)11-10-23-8-6-17(7-9-23)15-25-20(26)12-18-4-2-3-5-19(18)22-25/h12-14,17H,2-11,15H2,1H3. The van der Waals surface area contributed by atoms with E-state index in [9.17, 15) is 4.79 Å². The number of aromatic nitrogens is 4. The molecule has 1 aliphatic heterocycles. The smallest absolute Gasteiger partial charge is 0.267 e. The van der Waals surface area contributed by atoms with Crippen molar-refractivity contribution in [1.29, 1.82) is 0 Å². The third kappa shape index (κ3) is 4.06. The molecule has 26 heavy (non-hydrogen) atoms. The van der Waals surface area contributed by atoms with Crippen molar-refractivity contribution in [2.75, 3.05) is 19.6 Å². The Balaban J connectivity index is 1.29. The van der Waals surface area contributed by atoms with Crippen LogP contribution in [-0.4, -0.2) is 44.1 Å². The van der Waals surface area contributed by atoms with E-state index in [0.717, 1.165) is 64.1 Å². The van der Waals surface area contributed by atoms with E-state index >= 15 is 0 Å². The van der Waals surface area contributed by atoms with Crippen LogP contribution in [0.1, 0.15) is 42.5 Å². The Kier molecular flexibility index (Phi) is 5.20. The lowest BCUT2D eigenvalue weighted by Crippen LogP contribution is -2.38. The quantitative estimate of drug-likeness (QED) is 0.824. The van der Waals surface area contributed by atoms with E-state index in [0.29, 0.717) is 5.92 Å². The molecule has 0 bridgehead atoms. The van der Waals surface area contributed by atoms with Crippen molar-refractivity contribution >= 4 is 0 Å². The van der Waals surface area contributed by atoms with Crippen LogP contribution >= 0.6 is 0 Å². The molecule has 1 fully saturated rings. The highest BCUT2D eigenvalue weighted by atomic mass is 16.1. The predicted molar refractivity (Wildman–Crippen MR) is 101 cm³/mol. The summed E-state index contributed by atoms with van der Waals surface area (Å²) in [5, 5.41) is 9.04. The molecule has 2 aromatic rings. The van der Waals surface area contributed by atoms with Gasteiger partial charge in [-0.1, -0.05) is 0 Å². The Hall–Kier alpha value is -1.95. The average Bonchev–Trinajstić information content (AvgIpc) is 3.07. The van der Waals surface area contributed by atoms with Gasteiger partial charge in [-0.15, -0.1) is 0 Å². The summed E-state index contributed by atoms with van der Waals surface area (Å²) in [4.78, 5) is 14.9. The second kappa shape index (κ2) is 7.74. The topological polar surface area (TPSA) is 56.0 Å². The lowest BCUT2D eigenvalue weighted by molar-refractivity contribution is 0.163. The van der Waals surface area contributed by atoms with Gasteiger partial charge in [-0.05, 0) is 75.6 Å². The van der Waals surface area contributed by atoms with Crippen LogP contribution in [0.4, 0.5) is 0 Å². The number of fused-ring (bicyclic) bond motifs is 1. The molecule has 1 saturated heterocycles. The summed E-state index contributed by atoms with van der Waals surface area (Å²) in [5.74, 6) is 0.560. The van der Waals surface area contributed by atoms with Crippen LogP contribution in [-0.2, 0) is 25.9 Å². The van der Waals surface area contributed by atoms with E-state index in [4.69, 9.17) is 0 Å². The van der Waals surface area contributed by atoms with Crippen molar-refractivity contribution in [2.45, 2.75) is 58.5 Å². The summed E-state index contributed by atoms with van der Waals surface area (Å²) < 4.78 is 3.76. The highest BCUT2D eigenvalue weighted by molar-refractivity contribution is 5.20. The minimum absolute atomic E-state index is 0.0853. The van der Waals surface area contributed by atoms with Crippen molar-refractivity contribution in [3.8, 4) is 0 Å². The van der Waals surface area contributed by atoms with Gasteiger partial charge in [-0.2, -0.15) is 10.2 Å². The molecule has 0 saturated carbocycles. The Morgan fingerprint density at radius 1 is 1.15 bits per heavy atom. The summed E-state index contributed by atoms with van der Waals surface area (Å²) >= 11 is 0. The molecule has 0 unspecified atom stereocenters. The van der Waals surface area contributed by atoms with Gasteiger partial charge in [0.05, 0.1) is 18.4 Å². The molecule has 2 aliphatic rings. The summed E-state index contributed by atoms with van der Waals surface area (Å²) in [6.45, 7) is 7.05. The van der Waals surface area contributed by atoms with Crippen molar-refractivity contribution in [3.63, 3.8) is 0 Å². The van der Waals surface area contributed by atoms with Gasteiger partial charge in [-0.3, -0.25) is 9.48 Å². The molecule has 0 N–H and O–H groups in total. The zero-order valence-electron chi connectivity index (χ0n) is 15.7. The molecule has 0 atom stereocenters. The van der Waals surface area contributed by atoms with Gasteiger partial charge in [0.25, 0.3) is 5.56 Å². The molecule has 140 valence electrons. The highest BCUT2D eigenvalue weighted by Gasteiger charge is 2.21. The van der Waals surface area contributed by atoms with E-state index in [2.05, 4.69) is 28.2 Å². The molecule has 0 aromatic carbocycles. The van der Waals surface area contributed by atoms with Gasteiger partial charge in [0, 0.05) is 25.4 Å². The fraction of sp³-hybridized carbons (Fsp3) is 0.650. The Morgan fingerprint density at radius 2 is 1.96 bits per heavy atom. The monoisotopic (exact) mass is 355 g/mol. The largest absolute Gasteiger partial charge is 0.301 e. The van der Waals surface area contributed by atoms with E-state index in [1.54, 1.807) is 4.68 Å². The molecule has 4 rings (SSSR count). The maximum atomic E-state index is 12.4. The molecular formula is C20H29N5O. The van der Waals surface area contributed by atoms with E-state index in [1.165, 1.54) is 24.0 Å². The second-order valence-electron chi connectivity index (χ2n) is 7.91. The number of hydrogen-bond donors (Lipinski definition) is 0. The fourth-order valence-electron chi connectivity index (χ4n) is 4.20. The van der Waals surface area contributed by atoms with Crippen molar-refractivity contribution in [3.05, 3.63) is 45.6 Å². The summed E-state index contributed by atoms with van der Waals surface area (Å²) in [7, 11) is 0. The number of piperidine rings is 1. The van der Waals surface area contributed by atoms with Crippen LogP contribution in [0, 0.1) is 12.8 Å². The number of nitrogens with zero attached hydrogens (tertiary/aromatic N) is 5. The molecule has 1 aliphatic carbocycles. The van der Waals surface area contributed by atoms with Gasteiger partial charge in [-0.25, -0.2) is 4.68 Å². The SMILES string of the molecule is Cc1cnn(CCN2CCC(Cn3nc4c(cc3=O)CCCC4)CC2)c1. The van der Waals surface area contributed by atoms with E-state index in [1.807, 2.05) is 16.9 Å². The molecule has 6 heteroatoms. The van der Waals surface area contributed by atoms with Gasteiger partial charge in [0.2, 0.25) is 0 Å². The number of rotatable bonds is 5. The van der Waals surface area contributed by atoms with Gasteiger partial charge >= 0.3 is 0 Å². The first-order valence-corrected chi connectivity index (χ1v) is 9.99. The van der Waals surface area contributed by atoms with E-state index in [-0.39, 0.29) is 5.56 Å². The van der Waals surface area contributed by atoms with Crippen LogP contribution in [0.5, 0.6) is 0 Å². The second-order valence-corrected chi connectivity index (χ2v) is 7.91. The third-order valence-corrected chi connectivity index (χ3v) is 5.82. The third-order valence-electron chi connectivity index (χ3n) is 5.82. The first kappa shape index (κ1) is 17.5. The molecule has 0 spiro atoms. The maximum Gasteiger partial charge on any atom is 0.267 e. The predicted octanol–water partition coefficient (Wildman–Crippen LogP) is 2.04. The molecule has 2 aromatic heterocycles. The average molecular weight is 355 g/mol.